The third-order valence-corrected chi connectivity index (χ3v) is 5.89. The Morgan fingerprint density at radius 3 is 2.46 bits per heavy atom. The number of thioether (sulfide) groups is 1. The maximum absolute atomic E-state index is 14.0. The van der Waals surface area contributed by atoms with Crippen LogP contribution in [0.4, 0.5) is 20.6 Å². The monoisotopic (exact) mass is 380 g/mol. The van der Waals surface area contributed by atoms with Gasteiger partial charge in [0.15, 0.2) is 0 Å². The van der Waals surface area contributed by atoms with Gasteiger partial charge in [0.1, 0.15) is 5.82 Å². The average Bonchev–Trinajstić information content (AvgIpc) is 2.65. The number of anilines is 2. The van der Waals surface area contributed by atoms with Crippen molar-refractivity contribution in [3.8, 4) is 0 Å². The summed E-state index contributed by atoms with van der Waals surface area (Å²) in [5.41, 5.74) is 0.530. The van der Waals surface area contributed by atoms with E-state index in [0.717, 1.165) is 13.1 Å². The second-order valence-corrected chi connectivity index (χ2v) is 7.90. The lowest BCUT2D eigenvalue weighted by Crippen LogP contribution is -2.53. The minimum Gasteiger partial charge on any atom is -0.326 e. The molecule has 0 atom stereocenters. The summed E-state index contributed by atoms with van der Waals surface area (Å²) < 4.78 is 14.0. The highest BCUT2D eigenvalue weighted by atomic mass is 32.2. The van der Waals surface area contributed by atoms with Gasteiger partial charge in [-0.05, 0) is 42.5 Å². The first-order chi connectivity index (χ1) is 12.5. The van der Waals surface area contributed by atoms with Crippen LogP contribution in [-0.2, 0) is 4.79 Å². The van der Waals surface area contributed by atoms with Crippen LogP contribution in [0.3, 0.4) is 0 Å². The molecule has 0 bridgehead atoms. The van der Waals surface area contributed by atoms with E-state index in [0.29, 0.717) is 24.8 Å². The highest BCUT2D eigenvalue weighted by Crippen LogP contribution is 2.23. The number of urea groups is 1. The van der Waals surface area contributed by atoms with E-state index in [-0.39, 0.29) is 17.6 Å². The molecule has 142 valence electrons. The SMILES string of the molecule is CC(=O)Nc1ccc(F)c(NC(=O)N2CCN(C3CCSCC3)CC2)c1. The third kappa shape index (κ3) is 4.88. The number of nitrogens with zero attached hydrogens (tertiary/aromatic N) is 2. The number of benzene rings is 1. The molecule has 8 heteroatoms. The van der Waals surface area contributed by atoms with E-state index < -0.39 is 5.82 Å². The zero-order valence-corrected chi connectivity index (χ0v) is 15.8. The Morgan fingerprint density at radius 2 is 1.81 bits per heavy atom. The van der Waals surface area contributed by atoms with Crippen LogP contribution in [0.1, 0.15) is 19.8 Å². The Kier molecular flexibility index (Phi) is 6.37. The summed E-state index contributed by atoms with van der Waals surface area (Å²) in [7, 11) is 0. The lowest BCUT2D eigenvalue weighted by molar-refractivity contribution is -0.114. The van der Waals surface area contributed by atoms with E-state index in [1.54, 1.807) is 4.90 Å². The number of halogens is 1. The second kappa shape index (κ2) is 8.73. The van der Waals surface area contributed by atoms with E-state index in [1.165, 1.54) is 49.5 Å². The fourth-order valence-electron chi connectivity index (χ4n) is 3.44. The average molecular weight is 380 g/mol. The molecule has 0 radical (unpaired) electrons. The molecule has 6 nitrogen and oxygen atoms in total. The van der Waals surface area contributed by atoms with Gasteiger partial charge in [-0.3, -0.25) is 9.69 Å². The minimum absolute atomic E-state index is 0.0768. The van der Waals surface area contributed by atoms with Gasteiger partial charge in [0, 0.05) is 44.8 Å². The summed E-state index contributed by atoms with van der Waals surface area (Å²) in [4.78, 5) is 27.8. The summed E-state index contributed by atoms with van der Waals surface area (Å²) in [5.74, 6) is 1.67. The standard InChI is InChI=1S/C18H25FN4O2S/c1-13(24)20-14-2-3-16(19)17(12-14)21-18(25)23-8-6-22(7-9-23)15-4-10-26-11-5-15/h2-3,12,15H,4-11H2,1H3,(H,20,24)(H,21,25). The quantitative estimate of drug-likeness (QED) is 0.846. The molecular weight excluding hydrogens is 355 g/mol. The van der Waals surface area contributed by atoms with Crippen LogP contribution in [-0.4, -0.2) is 65.5 Å². The number of piperazine rings is 1. The van der Waals surface area contributed by atoms with Crippen LogP contribution in [0.5, 0.6) is 0 Å². The van der Waals surface area contributed by atoms with Crippen molar-refractivity contribution in [1.29, 1.82) is 0 Å². The smallest absolute Gasteiger partial charge is 0.322 e. The molecule has 1 aromatic carbocycles. The van der Waals surface area contributed by atoms with E-state index in [9.17, 15) is 14.0 Å². The van der Waals surface area contributed by atoms with Crippen LogP contribution < -0.4 is 10.6 Å². The molecule has 26 heavy (non-hydrogen) atoms. The summed E-state index contributed by atoms with van der Waals surface area (Å²) in [6.07, 6.45) is 2.44. The number of hydrogen-bond donors (Lipinski definition) is 2. The molecule has 3 rings (SSSR count). The fraction of sp³-hybridized carbons (Fsp3) is 0.556. The van der Waals surface area contributed by atoms with Crippen LogP contribution in [0, 0.1) is 5.82 Å². The number of amides is 3. The molecule has 3 amide bonds. The first-order valence-electron chi connectivity index (χ1n) is 8.98. The molecule has 2 aliphatic heterocycles. The van der Waals surface area contributed by atoms with Crippen molar-refractivity contribution in [2.24, 2.45) is 0 Å². The van der Waals surface area contributed by atoms with Gasteiger partial charge in [-0.1, -0.05) is 0 Å². The molecule has 0 aliphatic carbocycles. The van der Waals surface area contributed by atoms with Crippen molar-refractivity contribution in [3.63, 3.8) is 0 Å². The molecule has 0 saturated carbocycles. The maximum atomic E-state index is 14.0. The van der Waals surface area contributed by atoms with Gasteiger partial charge in [0.2, 0.25) is 5.91 Å². The van der Waals surface area contributed by atoms with Crippen LogP contribution >= 0.6 is 11.8 Å². The highest BCUT2D eigenvalue weighted by molar-refractivity contribution is 7.99. The predicted molar refractivity (Wildman–Crippen MR) is 103 cm³/mol. The molecule has 0 spiro atoms. The van der Waals surface area contributed by atoms with E-state index in [4.69, 9.17) is 0 Å². The van der Waals surface area contributed by atoms with Gasteiger partial charge in [-0.15, -0.1) is 0 Å². The minimum atomic E-state index is -0.522. The van der Waals surface area contributed by atoms with Gasteiger partial charge < -0.3 is 15.5 Å². The first kappa shape index (κ1) is 19.0. The molecule has 2 N–H and O–H groups in total. The van der Waals surface area contributed by atoms with Crippen molar-refractivity contribution < 1.29 is 14.0 Å². The zero-order chi connectivity index (χ0) is 18.5. The van der Waals surface area contributed by atoms with Gasteiger partial charge in [0.25, 0.3) is 0 Å². The fourth-order valence-corrected chi connectivity index (χ4v) is 4.52. The summed E-state index contributed by atoms with van der Waals surface area (Å²) in [6, 6.07) is 4.47. The topological polar surface area (TPSA) is 64.7 Å². The van der Waals surface area contributed by atoms with Gasteiger partial charge in [-0.2, -0.15) is 11.8 Å². The Hall–Kier alpha value is -1.80. The summed E-state index contributed by atoms with van der Waals surface area (Å²) in [6.45, 7) is 4.38. The normalized spacial score (nSPS) is 19.2. The first-order valence-corrected chi connectivity index (χ1v) is 10.1. The molecule has 2 fully saturated rings. The van der Waals surface area contributed by atoms with Crippen molar-refractivity contribution in [1.82, 2.24) is 9.80 Å². The van der Waals surface area contributed by atoms with Crippen molar-refractivity contribution >= 4 is 35.1 Å². The van der Waals surface area contributed by atoms with Crippen molar-refractivity contribution in [2.75, 3.05) is 48.3 Å². The Bertz CT molecular complexity index is 659. The number of nitrogens with one attached hydrogen (secondary N) is 2. The molecule has 0 aromatic heterocycles. The Morgan fingerprint density at radius 1 is 1.12 bits per heavy atom. The third-order valence-electron chi connectivity index (χ3n) is 4.84. The van der Waals surface area contributed by atoms with Gasteiger partial charge in [-0.25, -0.2) is 9.18 Å². The second-order valence-electron chi connectivity index (χ2n) is 6.67. The lowest BCUT2D eigenvalue weighted by atomic mass is 10.1. The molecule has 2 aliphatic rings. The predicted octanol–water partition coefficient (Wildman–Crippen LogP) is 2.83. The number of rotatable bonds is 3. The van der Waals surface area contributed by atoms with E-state index in [1.807, 2.05) is 11.8 Å². The molecular formula is C18H25FN4O2S. The van der Waals surface area contributed by atoms with E-state index in [2.05, 4.69) is 15.5 Å². The lowest BCUT2D eigenvalue weighted by Gasteiger charge is -2.40. The number of carbonyl (C=O) groups is 2. The maximum Gasteiger partial charge on any atom is 0.322 e. The zero-order valence-electron chi connectivity index (χ0n) is 15.0. The van der Waals surface area contributed by atoms with Crippen LogP contribution in [0.2, 0.25) is 0 Å². The molecule has 1 aromatic rings. The van der Waals surface area contributed by atoms with Gasteiger partial charge in [0.05, 0.1) is 5.69 Å². The summed E-state index contributed by atoms with van der Waals surface area (Å²) >= 11 is 2.01. The number of hydrogen-bond acceptors (Lipinski definition) is 4. The summed E-state index contributed by atoms with van der Waals surface area (Å²) in [5, 5.41) is 5.22. The molecule has 2 heterocycles. The van der Waals surface area contributed by atoms with Gasteiger partial charge >= 0.3 is 6.03 Å². The highest BCUT2D eigenvalue weighted by Gasteiger charge is 2.27. The van der Waals surface area contributed by atoms with Crippen LogP contribution in [0.25, 0.3) is 0 Å². The number of carbonyl (C=O) groups excluding carboxylic acids is 2. The Labute approximate surface area is 157 Å². The van der Waals surface area contributed by atoms with E-state index >= 15 is 0 Å². The molecule has 2 saturated heterocycles. The largest absolute Gasteiger partial charge is 0.326 e. The Balaban J connectivity index is 1.55. The molecule has 0 unspecified atom stereocenters. The van der Waals surface area contributed by atoms with Crippen molar-refractivity contribution in [3.05, 3.63) is 24.0 Å². The van der Waals surface area contributed by atoms with Crippen molar-refractivity contribution in [2.45, 2.75) is 25.8 Å². The van der Waals surface area contributed by atoms with Crippen LogP contribution in [0.15, 0.2) is 18.2 Å².